The average molecular weight is 200 g/mol. The first-order valence-corrected chi connectivity index (χ1v) is 5.58. The zero-order valence-corrected chi connectivity index (χ0v) is 9.86. The van der Waals surface area contributed by atoms with Crippen molar-refractivity contribution < 1.29 is 4.74 Å². The number of hydrogen-bond acceptors (Lipinski definition) is 3. The summed E-state index contributed by atoms with van der Waals surface area (Å²) >= 11 is 0. The Morgan fingerprint density at radius 2 is 2.14 bits per heavy atom. The van der Waals surface area contributed by atoms with Gasteiger partial charge in [-0.05, 0) is 39.7 Å². The van der Waals surface area contributed by atoms with Crippen molar-refractivity contribution in [3.8, 4) is 0 Å². The molecule has 0 aromatic carbocycles. The van der Waals surface area contributed by atoms with E-state index in [-0.39, 0.29) is 0 Å². The quantitative estimate of drug-likeness (QED) is 0.738. The van der Waals surface area contributed by atoms with Gasteiger partial charge in [0.2, 0.25) is 0 Å². The molecule has 1 fully saturated rings. The van der Waals surface area contributed by atoms with Gasteiger partial charge in [0.1, 0.15) is 0 Å². The molecule has 0 aliphatic carbocycles. The lowest BCUT2D eigenvalue weighted by Gasteiger charge is -2.32. The number of nitrogens with zero attached hydrogens (tertiary/aromatic N) is 1. The SMILES string of the molecule is COC(C)C(C)N1CC(CN)CC1C. The summed E-state index contributed by atoms with van der Waals surface area (Å²) < 4.78 is 5.37. The lowest BCUT2D eigenvalue weighted by molar-refractivity contribution is 0.0296. The van der Waals surface area contributed by atoms with Crippen LogP contribution in [0.15, 0.2) is 0 Å². The maximum Gasteiger partial charge on any atom is 0.0695 e. The molecule has 1 aliphatic rings. The predicted octanol–water partition coefficient (Wildman–Crippen LogP) is 1.08. The molecule has 1 heterocycles. The van der Waals surface area contributed by atoms with Crippen molar-refractivity contribution in [3.63, 3.8) is 0 Å². The summed E-state index contributed by atoms with van der Waals surface area (Å²) in [7, 11) is 1.78. The summed E-state index contributed by atoms with van der Waals surface area (Å²) in [6, 6.07) is 1.14. The van der Waals surface area contributed by atoms with E-state index in [1.165, 1.54) is 6.42 Å². The van der Waals surface area contributed by atoms with Gasteiger partial charge in [0, 0.05) is 25.7 Å². The van der Waals surface area contributed by atoms with Crippen LogP contribution in [0.2, 0.25) is 0 Å². The molecule has 1 rings (SSSR count). The molecule has 0 bridgehead atoms. The van der Waals surface area contributed by atoms with E-state index in [1.54, 1.807) is 7.11 Å². The lowest BCUT2D eigenvalue weighted by Crippen LogP contribution is -2.43. The van der Waals surface area contributed by atoms with Gasteiger partial charge in [0.25, 0.3) is 0 Å². The van der Waals surface area contributed by atoms with Crippen molar-refractivity contribution >= 4 is 0 Å². The topological polar surface area (TPSA) is 38.5 Å². The van der Waals surface area contributed by atoms with Gasteiger partial charge in [-0.3, -0.25) is 4.90 Å². The van der Waals surface area contributed by atoms with E-state index >= 15 is 0 Å². The molecule has 2 N–H and O–H groups in total. The zero-order valence-electron chi connectivity index (χ0n) is 9.86. The normalized spacial score (nSPS) is 33.2. The monoisotopic (exact) mass is 200 g/mol. The molecule has 84 valence electrons. The second kappa shape index (κ2) is 5.10. The summed E-state index contributed by atoms with van der Waals surface area (Å²) in [5.74, 6) is 0.677. The number of hydrogen-bond donors (Lipinski definition) is 1. The van der Waals surface area contributed by atoms with Gasteiger partial charge in [-0.15, -0.1) is 0 Å². The molecule has 3 nitrogen and oxygen atoms in total. The molecule has 14 heavy (non-hydrogen) atoms. The van der Waals surface area contributed by atoms with Crippen LogP contribution in [-0.2, 0) is 4.74 Å². The van der Waals surface area contributed by atoms with Gasteiger partial charge in [-0.1, -0.05) is 0 Å². The maximum atomic E-state index is 5.71. The largest absolute Gasteiger partial charge is 0.380 e. The molecule has 0 radical (unpaired) electrons. The smallest absolute Gasteiger partial charge is 0.0695 e. The second-order valence-corrected chi connectivity index (χ2v) is 4.56. The third kappa shape index (κ3) is 2.47. The Morgan fingerprint density at radius 3 is 2.57 bits per heavy atom. The minimum absolute atomic E-state index is 0.300. The van der Waals surface area contributed by atoms with Gasteiger partial charge in [0.05, 0.1) is 6.10 Å². The van der Waals surface area contributed by atoms with E-state index in [0.29, 0.717) is 24.1 Å². The fourth-order valence-corrected chi connectivity index (χ4v) is 2.38. The number of nitrogens with two attached hydrogens (primary N) is 1. The molecular weight excluding hydrogens is 176 g/mol. The summed E-state index contributed by atoms with van der Waals surface area (Å²) in [5, 5.41) is 0. The van der Waals surface area contributed by atoms with Crippen LogP contribution in [0, 0.1) is 5.92 Å². The minimum atomic E-state index is 0.300. The first-order valence-electron chi connectivity index (χ1n) is 5.58. The predicted molar refractivity (Wildman–Crippen MR) is 59.3 cm³/mol. The Morgan fingerprint density at radius 1 is 1.50 bits per heavy atom. The highest BCUT2D eigenvalue weighted by Gasteiger charge is 2.33. The van der Waals surface area contributed by atoms with Crippen molar-refractivity contribution in [3.05, 3.63) is 0 Å². The summed E-state index contributed by atoms with van der Waals surface area (Å²) in [4.78, 5) is 2.52. The highest BCUT2D eigenvalue weighted by molar-refractivity contribution is 4.87. The molecule has 1 saturated heterocycles. The van der Waals surface area contributed by atoms with Gasteiger partial charge < -0.3 is 10.5 Å². The van der Waals surface area contributed by atoms with Crippen molar-refractivity contribution in [2.24, 2.45) is 11.7 Å². The molecular formula is C11H24N2O. The Labute approximate surface area is 87.6 Å². The lowest BCUT2D eigenvalue weighted by atomic mass is 10.1. The van der Waals surface area contributed by atoms with Crippen LogP contribution in [0.1, 0.15) is 27.2 Å². The molecule has 4 atom stereocenters. The van der Waals surface area contributed by atoms with Crippen LogP contribution < -0.4 is 5.73 Å². The minimum Gasteiger partial charge on any atom is -0.380 e. The third-order valence-corrected chi connectivity index (χ3v) is 3.62. The Bertz CT molecular complexity index is 175. The molecule has 3 heteroatoms. The van der Waals surface area contributed by atoms with Gasteiger partial charge in [0.15, 0.2) is 0 Å². The summed E-state index contributed by atoms with van der Waals surface area (Å²) in [6.45, 7) is 8.60. The number of rotatable bonds is 4. The fourth-order valence-electron chi connectivity index (χ4n) is 2.38. The molecule has 0 aromatic heterocycles. The van der Waals surface area contributed by atoms with Crippen LogP contribution in [0.5, 0.6) is 0 Å². The first kappa shape index (κ1) is 12.0. The van der Waals surface area contributed by atoms with E-state index in [9.17, 15) is 0 Å². The highest BCUT2D eigenvalue weighted by atomic mass is 16.5. The van der Waals surface area contributed by atoms with Crippen LogP contribution >= 0.6 is 0 Å². The summed E-state index contributed by atoms with van der Waals surface area (Å²) in [6.07, 6.45) is 1.53. The Hall–Kier alpha value is -0.120. The van der Waals surface area contributed by atoms with E-state index in [4.69, 9.17) is 10.5 Å². The fraction of sp³-hybridized carbons (Fsp3) is 1.00. The number of likely N-dealkylation sites (tertiary alicyclic amines) is 1. The van der Waals surface area contributed by atoms with Crippen molar-refractivity contribution in [2.75, 3.05) is 20.2 Å². The van der Waals surface area contributed by atoms with Gasteiger partial charge in [-0.25, -0.2) is 0 Å². The first-order chi connectivity index (χ1) is 6.60. The van der Waals surface area contributed by atoms with Gasteiger partial charge in [-0.2, -0.15) is 0 Å². The van der Waals surface area contributed by atoms with E-state index in [0.717, 1.165) is 13.1 Å². The number of ether oxygens (including phenoxy) is 1. The van der Waals surface area contributed by atoms with Crippen molar-refractivity contribution in [2.45, 2.75) is 45.4 Å². The third-order valence-electron chi connectivity index (χ3n) is 3.62. The van der Waals surface area contributed by atoms with Crippen LogP contribution in [-0.4, -0.2) is 43.3 Å². The number of methoxy groups -OCH3 is 1. The van der Waals surface area contributed by atoms with Crippen LogP contribution in [0.25, 0.3) is 0 Å². The molecule has 0 amide bonds. The molecule has 1 aliphatic heterocycles. The average Bonchev–Trinajstić information content (AvgIpc) is 2.57. The standard InChI is InChI=1S/C11H24N2O/c1-8-5-11(6-12)7-13(8)9(2)10(3)14-4/h8-11H,5-7,12H2,1-4H3. The van der Waals surface area contributed by atoms with Crippen molar-refractivity contribution in [1.82, 2.24) is 4.90 Å². The summed E-state index contributed by atoms with van der Waals surface area (Å²) in [5.41, 5.74) is 5.71. The maximum absolute atomic E-state index is 5.71. The molecule has 0 saturated carbocycles. The molecule has 0 aromatic rings. The van der Waals surface area contributed by atoms with E-state index in [2.05, 4.69) is 25.7 Å². The Balaban J connectivity index is 2.51. The van der Waals surface area contributed by atoms with E-state index < -0.39 is 0 Å². The molecule has 0 spiro atoms. The second-order valence-electron chi connectivity index (χ2n) is 4.56. The zero-order chi connectivity index (χ0) is 10.7. The van der Waals surface area contributed by atoms with Gasteiger partial charge >= 0.3 is 0 Å². The molecule has 4 unspecified atom stereocenters. The van der Waals surface area contributed by atoms with Crippen LogP contribution in [0.4, 0.5) is 0 Å². The van der Waals surface area contributed by atoms with E-state index in [1.807, 2.05) is 0 Å². The highest BCUT2D eigenvalue weighted by Crippen LogP contribution is 2.25. The van der Waals surface area contributed by atoms with Crippen LogP contribution in [0.3, 0.4) is 0 Å². The Kier molecular flexibility index (Phi) is 4.35. The van der Waals surface area contributed by atoms with Crippen molar-refractivity contribution in [1.29, 1.82) is 0 Å².